The summed E-state index contributed by atoms with van der Waals surface area (Å²) in [5.41, 5.74) is 5.86. The number of hydrogen-bond donors (Lipinski definition) is 4. The van der Waals surface area contributed by atoms with E-state index < -0.39 is 13.7 Å². The lowest BCUT2D eigenvalue weighted by molar-refractivity contribution is 0.163. The first-order valence-electron chi connectivity index (χ1n) is 15.2. The van der Waals surface area contributed by atoms with Gasteiger partial charge in [-0.1, -0.05) is 103 Å². The number of nitrogens with zero attached hydrogens (tertiary/aromatic N) is 1. The number of phenols is 1. The Balaban J connectivity index is 1.29. The Kier molecular flexibility index (Phi) is 9.94. The van der Waals surface area contributed by atoms with Crippen LogP contribution in [-0.4, -0.2) is 29.6 Å². The summed E-state index contributed by atoms with van der Waals surface area (Å²) in [6.45, 7) is 0. The van der Waals surface area contributed by atoms with Crippen molar-refractivity contribution in [3.05, 3.63) is 138 Å². The molecule has 1 aliphatic rings. The van der Waals surface area contributed by atoms with E-state index in [0.717, 1.165) is 16.8 Å². The first kappa shape index (κ1) is 33.1. The molecule has 10 heteroatoms. The summed E-state index contributed by atoms with van der Waals surface area (Å²) in [6.07, 6.45) is 1.15. The van der Waals surface area contributed by atoms with Gasteiger partial charge in [0.2, 0.25) is 0 Å². The van der Waals surface area contributed by atoms with Gasteiger partial charge < -0.3 is 24.9 Å². The maximum atomic E-state index is 13.4. The van der Waals surface area contributed by atoms with Crippen molar-refractivity contribution in [3.8, 4) is 28.0 Å². The number of aliphatic hydroxyl groups excluding tert-OH is 1. The molecule has 6 rings (SSSR count). The first-order chi connectivity index (χ1) is 22.6. The molecule has 0 saturated carbocycles. The average Bonchev–Trinajstić information content (AvgIpc) is 3.40. The Bertz CT molecular complexity index is 1900. The Labute approximate surface area is 282 Å². The summed E-state index contributed by atoms with van der Waals surface area (Å²) in [6, 6.07) is 35.4. The van der Waals surface area contributed by atoms with Crippen molar-refractivity contribution in [2.45, 2.75) is 36.7 Å². The highest BCUT2D eigenvalue weighted by molar-refractivity contribution is 8.24. The highest BCUT2D eigenvalue weighted by atomic mass is 32.2. The van der Waals surface area contributed by atoms with Gasteiger partial charge in [0.1, 0.15) is 15.9 Å². The topological polar surface area (TPSA) is 101 Å². The molecule has 0 radical (unpaired) electrons. The average molecular weight is 686 g/mol. The highest BCUT2D eigenvalue weighted by Crippen LogP contribution is 2.49. The van der Waals surface area contributed by atoms with Gasteiger partial charge in [0.25, 0.3) is 0 Å². The second-order valence-corrected chi connectivity index (χ2v) is 15.0. The Morgan fingerprint density at radius 1 is 0.809 bits per heavy atom. The van der Waals surface area contributed by atoms with Crippen LogP contribution in [0.2, 0.25) is 0 Å². The number of hydrogen-bond acceptors (Lipinski definition) is 5. The third-order valence-electron chi connectivity index (χ3n) is 8.44. The Morgan fingerprint density at radius 2 is 1.40 bits per heavy atom. The van der Waals surface area contributed by atoms with Gasteiger partial charge >= 0.3 is 7.60 Å². The lowest BCUT2D eigenvalue weighted by atomic mass is 9.93. The van der Waals surface area contributed by atoms with E-state index in [1.807, 2.05) is 42.5 Å². The minimum absolute atomic E-state index is 0.0315. The number of thiocarbonyl (C=S) groups is 1. The molecular formula is C37H33FNO5PS2. The zero-order chi connectivity index (χ0) is 33.1. The van der Waals surface area contributed by atoms with Gasteiger partial charge in [-0.3, -0.25) is 4.57 Å². The largest absolute Gasteiger partial charge is 0.508 e. The van der Waals surface area contributed by atoms with Crippen molar-refractivity contribution in [1.82, 2.24) is 0 Å². The van der Waals surface area contributed by atoms with Gasteiger partial charge in [0, 0.05) is 16.5 Å². The lowest BCUT2D eigenvalue weighted by Gasteiger charge is -2.30. The molecule has 0 aromatic heterocycles. The van der Waals surface area contributed by atoms with Crippen LogP contribution in [0.3, 0.4) is 0 Å². The van der Waals surface area contributed by atoms with Gasteiger partial charge in [-0.15, -0.1) is 0 Å². The summed E-state index contributed by atoms with van der Waals surface area (Å²) < 4.78 is 25.7. The maximum Gasteiger partial charge on any atom is 0.356 e. The van der Waals surface area contributed by atoms with Crippen LogP contribution in [0.1, 0.15) is 42.5 Å². The number of thioether (sulfide) groups is 1. The van der Waals surface area contributed by atoms with Gasteiger partial charge in [0.05, 0.1) is 17.5 Å². The van der Waals surface area contributed by atoms with Crippen molar-refractivity contribution in [1.29, 1.82) is 0 Å². The van der Waals surface area contributed by atoms with Crippen molar-refractivity contribution >= 4 is 46.9 Å². The standard InChI is InChI=1S/C37H33FNO5PS2/c38-29-16-9-27(10-17-29)33(40)7-4-8-35-36(32-22-15-28(23-34(32)41)26-13-20-31(21-14-26)45(42,43)44)39(37(46)47-35)30-18-11-25(12-19-30)24-5-2-1-3-6-24/h1-3,5-6,9-23,33,35-36,40-41H,4,7-8H2,(H2,42,43,44). The number of rotatable bonds is 10. The summed E-state index contributed by atoms with van der Waals surface area (Å²) in [4.78, 5) is 21.0. The molecule has 5 aromatic rings. The summed E-state index contributed by atoms with van der Waals surface area (Å²) in [7, 11) is -4.37. The van der Waals surface area contributed by atoms with Crippen molar-refractivity contribution < 1.29 is 29.0 Å². The maximum absolute atomic E-state index is 13.4. The Morgan fingerprint density at radius 3 is 2.04 bits per heavy atom. The van der Waals surface area contributed by atoms with Crippen LogP contribution in [0.25, 0.3) is 22.3 Å². The van der Waals surface area contributed by atoms with Crippen LogP contribution in [0.15, 0.2) is 121 Å². The molecule has 6 nitrogen and oxygen atoms in total. The summed E-state index contributed by atoms with van der Waals surface area (Å²) >= 11 is 7.52. The molecule has 1 aliphatic heterocycles. The predicted molar refractivity (Wildman–Crippen MR) is 192 cm³/mol. The number of aliphatic hydroxyl groups is 1. The SMILES string of the molecule is O=P(O)(O)c1ccc(-c2ccc(C3C(CCCC(O)c4ccc(F)cc4)SC(=S)N3c3ccc(-c4ccccc4)cc3)c(O)c2)cc1. The molecule has 5 aromatic carbocycles. The van der Waals surface area contributed by atoms with Crippen LogP contribution in [0, 0.1) is 5.82 Å². The molecular weight excluding hydrogens is 653 g/mol. The molecule has 240 valence electrons. The fraction of sp³-hybridized carbons (Fsp3) is 0.162. The summed E-state index contributed by atoms with van der Waals surface area (Å²) in [5, 5.41) is 22.1. The molecule has 0 aliphatic carbocycles. The Hall–Kier alpha value is -3.82. The second-order valence-electron chi connectivity index (χ2n) is 11.5. The fourth-order valence-corrected chi connectivity index (χ4v) is 8.38. The molecule has 1 fully saturated rings. The number of benzene rings is 5. The monoisotopic (exact) mass is 685 g/mol. The number of phenolic OH excluding ortho intramolecular Hbond substituents is 1. The van der Waals surface area contributed by atoms with Gasteiger partial charge in [-0.2, -0.15) is 0 Å². The van der Waals surface area contributed by atoms with Gasteiger partial charge in [0.15, 0.2) is 0 Å². The normalized spacial score (nSPS) is 17.2. The van der Waals surface area contributed by atoms with Crippen LogP contribution in [-0.2, 0) is 4.57 Å². The zero-order valence-corrected chi connectivity index (χ0v) is 27.7. The molecule has 47 heavy (non-hydrogen) atoms. The minimum Gasteiger partial charge on any atom is -0.508 e. The van der Waals surface area contributed by atoms with Crippen LogP contribution < -0.4 is 10.2 Å². The van der Waals surface area contributed by atoms with Crippen LogP contribution in [0.4, 0.5) is 10.1 Å². The zero-order valence-electron chi connectivity index (χ0n) is 25.2. The van der Waals surface area contributed by atoms with Crippen molar-refractivity contribution in [2.75, 3.05) is 4.90 Å². The third kappa shape index (κ3) is 7.52. The van der Waals surface area contributed by atoms with E-state index in [9.17, 15) is 29.0 Å². The number of anilines is 1. The molecule has 3 unspecified atom stereocenters. The molecule has 0 spiro atoms. The van der Waals surface area contributed by atoms with Gasteiger partial charge in [-0.05, 0) is 89.5 Å². The van der Waals surface area contributed by atoms with E-state index in [1.165, 1.54) is 24.3 Å². The fourth-order valence-electron chi connectivity index (χ4n) is 5.98. The van der Waals surface area contributed by atoms with Crippen LogP contribution in [0.5, 0.6) is 5.75 Å². The van der Waals surface area contributed by atoms with E-state index in [0.29, 0.717) is 45.8 Å². The quantitative estimate of drug-likeness (QED) is 0.0858. The lowest BCUT2D eigenvalue weighted by Crippen LogP contribution is -2.29. The van der Waals surface area contributed by atoms with E-state index in [4.69, 9.17) is 12.2 Å². The molecule has 4 N–H and O–H groups in total. The van der Waals surface area contributed by atoms with Crippen LogP contribution >= 0.6 is 31.6 Å². The van der Waals surface area contributed by atoms with E-state index >= 15 is 0 Å². The molecule has 3 atom stereocenters. The number of aromatic hydroxyl groups is 1. The highest BCUT2D eigenvalue weighted by Gasteiger charge is 2.41. The number of halogens is 1. The van der Waals surface area contributed by atoms with E-state index in [1.54, 1.807) is 42.1 Å². The van der Waals surface area contributed by atoms with E-state index in [2.05, 4.69) is 29.2 Å². The van der Waals surface area contributed by atoms with Gasteiger partial charge in [-0.25, -0.2) is 4.39 Å². The third-order valence-corrected chi connectivity index (χ3v) is 11.1. The summed E-state index contributed by atoms with van der Waals surface area (Å²) in [5.74, 6) is -0.264. The molecule has 1 saturated heterocycles. The van der Waals surface area contributed by atoms with E-state index in [-0.39, 0.29) is 28.2 Å². The molecule has 0 bridgehead atoms. The minimum atomic E-state index is -4.37. The van der Waals surface area contributed by atoms with Crippen molar-refractivity contribution in [3.63, 3.8) is 0 Å². The van der Waals surface area contributed by atoms with Crippen molar-refractivity contribution in [2.24, 2.45) is 0 Å². The smallest absolute Gasteiger partial charge is 0.356 e. The second kappa shape index (κ2) is 14.1. The first-order valence-corrected chi connectivity index (χ1v) is 18.1. The predicted octanol–water partition coefficient (Wildman–Crippen LogP) is 8.52. The molecule has 0 amide bonds. The molecule has 1 heterocycles.